The fourth-order valence-corrected chi connectivity index (χ4v) is 1.74. The molecule has 2 rings (SSSR count). The van der Waals surface area contributed by atoms with Gasteiger partial charge in [0.15, 0.2) is 0 Å². The largest absolute Gasteiger partial charge is 0.416 e. The summed E-state index contributed by atoms with van der Waals surface area (Å²) in [5.74, 6) is 0.576. The van der Waals surface area contributed by atoms with Crippen molar-refractivity contribution in [3.05, 3.63) is 35.4 Å². The van der Waals surface area contributed by atoms with Crippen molar-refractivity contribution >= 4 is 0 Å². The highest BCUT2D eigenvalue weighted by atomic mass is 19.4. The van der Waals surface area contributed by atoms with Crippen LogP contribution < -0.4 is 5.32 Å². The van der Waals surface area contributed by atoms with Gasteiger partial charge in [-0.2, -0.15) is 18.4 Å². The molecule has 0 aliphatic heterocycles. The molecule has 0 aromatic heterocycles. The SMILES string of the molecule is N#CC(NCC1CC1)c1cccc(C(F)(F)F)c1. The maximum absolute atomic E-state index is 12.6. The third-order valence-electron chi connectivity index (χ3n) is 2.98. The van der Waals surface area contributed by atoms with Gasteiger partial charge in [0.05, 0.1) is 11.6 Å². The van der Waals surface area contributed by atoms with E-state index < -0.39 is 17.8 Å². The minimum Gasteiger partial charge on any atom is -0.298 e. The molecular weight excluding hydrogens is 241 g/mol. The van der Waals surface area contributed by atoms with Crippen LogP contribution in [0.2, 0.25) is 0 Å². The number of nitrogens with zero attached hydrogens (tertiary/aromatic N) is 1. The molecule has 18 heavy (non-hydrogen) atoms. The highest BCUT2D eigenvalue weighted by Crippen LogP contribution is 2.31. The molecule has 1 fully saturated rings. The second-order valence-corrected chi connectivity index (χ2v) is 4.54. The number of alkyl halides is 3. The first-order chi connectivity index (χ1) is 8.50. The molecule has 0 amide bonds. The van der Waals surface area contributed by atoms with Gasteiger partial charge in [0.1, 0.15) is 6.04 Å². The summed E-state index contributed by atoms with van der Waals surface area (Å²) in [5.41, 5.74) is -0.346. The Kier molecular flexibility index (Phi) is 3.58. The lowest BCUT2D eigenvalue weighted by Crippen LogP contribution is -2.22. The second kappa shape index (κ2) is 4.99. The van der Waals surface area contributed by atoms with Gasteiger partial charge in [-0.05, 0) is 43.0 Å². The van der Waals surface area contributed by atoms with Gasteiger partial charge in [-0.15, -0.1) is 0 Å². The summed E-state index contributed by atoms with van der Waals surface area (Å²) in [6, 6.07) is 6.26. The van der Waals surface area contributed by atoms with E-state index in [9.17, 15) is 13.2 Å². The molecular formula is C13H13F3N2. The fourth-order valence-electron chi connectivity index (χ4n) is 1.74. The summed E-state index contributed by atoms with van der Waals surface area (Å²) in [7, 11) is 0. The molecule has 96 valence electrons. The molecule has 0 bridgehead atoms. The Morgan fingerprint density at radius 1 is 1.39 bits per heavy atom. The number of benzene rings is 1. The Morgan fingerprint density at radius 3 is 2.67 bits per heavy atom. The van der Waals surface area contributed by atoms with Crippen molar-refractivity contribution < 1.29 is 13.2 Å². The average Bonchev–Trinajstić information content (AvgIpc) is 3.13. The molecule has 2 nitrogen and oxygen atoms in total. The van der Waals surface area contributed by atoms with Gasteiger partial charge >= 0.3 is 6.18 Å². The summed E-state index contributed by atoms with van der Waals surface area (Å²) in [6.45, 7) is 0.689. The fraction of sp³-hybridized carbons (Fsp3) is 0.462. The molecule has 1 atom stereocenters. The predicted molar refractivity (Wildman–Crippen MR) is 60.5 cm³/mol. The smallest absolute Gasteiger partial charge is 0.298 e. The number of nitrogens with one attached hydrogen (secondary N) is 1. The molecule has 1 aromatic rings. The van der Waals surface area contributed by atoms with Crippen LogP contribution in [0.1, 0.15) is 30.0 Å². The van der Waals surface area contributed by atoms with Crippen LogP contribution in [-0.2, 0) is 6.18 Å². The van der Waals surface area contributed by atoms with E-state index in [0.717, 1.165) is 25.0 Å². The third-order valence-corrected chi connectivity index (χ3v) is 2.98. The lowest BCUT2D eigenvalue weighted by atomic mass is 10.0. The Bertz CT molecular complexity index is 458. The van der Waals surface area contributed by atoms with Gasteiger partial charge in [0.25, 0.3) is 0 Å². The van der Waals surface area contributed by atoms with Gasteiger partial charge < -0.3 is 0 Å². The summed E-state index contributed by atoms with van der Waals surface area (Å²) in [5, 5.41) is 12.0. The summed E-state index contributed by atoms with van der Waals surface area (Å²) in [4.78, 5) is 0. The molecule has 0 radical (unpaired) electrons. The predicted octanol–water partition coefficient (Wildman–Crippen LogP) is 3.27. The topological polar surface area (TPSA) is 35.8 Å². The molecule has 1 aliphatic carbocycles. The number of hydrogen-bond acceptors (Lipinski definition) is 2. The van der Waals surface area contributed by atoms with E-state index in [1.165, 1.54) is 6.07 Å². The van der Waals surface area contributed by atoms with E-state index in [4.69, 9.17) is 5.26 Å². The minimum absolute atomic E-state index is 0.368. The highest BCUT2D eigenvalue weighted by Gasteiger charge is 2.31. The molecule has 0 saturated heterocycles. The van der Waals surface area contributed by atoms with Crippen LogP contribution in [0.3, 0.4) is 0 Å². The maximum Gasteiger partial charge on any atom is 0.416 e. The number of nitriles is 1. The molecule has 1 aliphatic rings. The van der Waals surface area contributed by atoms with Crippen LogP contribution >= 0.6 is 0 Å². The van der Waals surface area contributed by atoms with E-state index in [1.807, 2.05) is 6.07 Å². The van der Waals surface area contributed by atoms with Crippen molar-refractivity contribution in [3.63, 3.8) is 0 Å². The van der Waals surface area contributed by atoms with Gasteiger partial charge in [-0.1, -0.05) is 12.1 Å². The zero-order valence-electron chi connectivity index (χ0n) is 9.67. The Labute approximate surface area is 103 Å². The Morgan fingerprint density at radius 2 is 2.11 bits per heavy atom. The third kappa shape index (κ3) is 3.23. The molecule has 0 spiro atoms. The van der Waals surface area contributed by atoms with Gasteiger partial charge in [-0.25, -0.2) is 0 Å². The highest BCUT2D eigenvalue weighted by molar-refractivity contribution is 5.30. The summed E-state index contributed by atoms with van der Waals surface area (Å²) >= 11 is 0. The second-order valence-electron chi connectivity index (χ2n) is 4.54. The standard InChI is InChI=1S/C13H13F3N2/c14-13(15,16)11-3-1-2-10(6-11)12(7-17)18-8-9-4-5-9/h1-3,6,9,12,18H,4-5,8H2. The van der Waals surface area contributed by atoms with Crippen molar-refractivity contribution in [2.24, 2.45) is 5.92 Å². The number of hydrogen-bond donors (Lipinski definition) is 1. The Hall–Kier alpha value is -1.54. The molecule has 5 heteroatoms. The van der Waals surface area contributed by atoms with Crippen LogP contribution in [0.15, 0.2) is 24.3 Å². The van der Waals surface area contributed by atoms with Crippen molar-refractivity contribution in [2.45, 2.75) is 25.1 Å². The molecule has 1 aromatic carbocycles. The van der Waals surface area contributed by atoms with Crippen LogP contribution in [0, 0.1) is 17.2 Å². The first kappa shape index (κ1) is 12.9. The van der Waals surface area contributed by atoms with Gasteiger partial charge in [0.2, 0.25) is 0 Å². The van der Waals surface area contributed by atoms with Crippen molar-refractivity contribution in [1.82, 2.24) is 5.32 Å². The number of rotatable bonds is 4. The van der Waals surface area contributed by atoms with E-state index in [1.54, 1.807) is 6.07 Å². The van der Waals surface area contributed by atoms with Crippen LogP contribution in [0.5, 0.6) is 0 Å². The van der Waals surface area contributed by atoms with Gasteiger partial charge in [0, 0.05) is 0 Å². The van der Waals surface area contributed by atoms with E-state index in [-0.39, 0.29) is 0 Å². The van der Waals surface area contributed by atoms with Crippen LogP contribution in [0.4, 0.5) is 13.2 Å². The quantitative estimate of drug-likeness (QED) is 0.895. The summed E-state index contributed by atoms with van der Waals surface area (Å²) in [6.07, 6.45) is -2.10. The minimum atomic E-state index is -4.37. The molecule has 1 unspecified atom stereocenters. The van der Waals surface area contributed by atoms with Crippen molar-refractivity contribution in [1.29, 1.82) is 5.26 Å². The lowest BCUT2D eigenvalue weighted by molar-refractivity contribution is -0.137. The zero-order valence-corrected chi connectivity index (χ0v) is 9.67. The average molecular weight is 254 g/mol. The maximum atomic E-state index is 12.6. The van der Waals surface area contributed by atoms with Gasteiger partial charge in [-0.3, -0.25) is 5.32 Å². The van der Waals surface area contributed by atoms with E-state index in [2.05, 4.69) is 5.32 Å². The van der Waals surface area contributed by atoms with E-state index >= 15 is 0 Å². The number of halogens is 3. The Balaban J connectivity index is 2.12. The van der Waals surface area contributed by atoms with Crippen molar-refractivity contribution in [3.8, 4) is 6.07 Å². The van der Waals surface area contributed by atoms with Crippen LogP contribution in [0.25, 0.3) is 0 Å². The molecule has 1 N–H and O–H groups in total. The normalized spacial score (nSPS) is 17.2. The molecule has 1 saturated carbocycles. The molecule has 0 heterocycles. The van der Waals surface area contributed by atoms with E-state index in [0.29, 0.717) is 18.0 Å². The lowest BCUT2D eigenvalue weighted by Gasteiger charge is -2.13. The van der Waals surface area contributed by atoms with Crippen LogP contribution in [-0.4, -0.2) is 6.54 Å². The monoisotopic (exact) mass is 254 g/mol. The first-order valence-electron chi connectivity index (χ1n) is 5.81. The zero-order chi connectivity index (χ0) is 13.2. The summed E-state index contributed by atoms with van der Waals surface area (Å²) < 4.78 is 37.7. The first-order valence-corrected chi connectivity index (χ1v) is 5.81. The van der Waals surface area contributed by atoms with Crippen molar-refractivity contribution in [2.75, 3.05) is 6.54 Å².